The standard InChI is InChI=1S/C22H26N2O3/c1-16(2)13-23-22(26)18-12-21(25)24(14-18)19-8-10-20(11-9-19)27-15-17-6-4-3-5-7-17/h3-11,16,18H,12-15H2,1-2H3,(H,23,26). The topological polar surface area (TPSA) is 58.6 Å². The van der Waals surface area contributed by atoms with Gasteiger partial charge in [0, 0.05) is 25.2 Å². The molecule has 1 aliphatic heterocycles. The van der Waals surface area contributed by atoms with Crippen LogP contribution in [0.15, 0.2) is 54.6 Å². The van der Waals surface area contributed by atoms with Crippen LogP contribution < -0.4 is 15.0 Å². The van der Waals surface area contributed by atoms with Gasteiger partial charge in [-0.1, -0.05) is 44.2 Å². The Hall–Kier alpha value is -2.82. The van der Waals surface area contributed by atoms with Crippen molar-refractivity contribution in [3.05, 3.63) is 60.2 Å². The highest BCUT2D eigenvalue weighted by molar-refractivity contribution is 6.00. The molecule has 1 N–H and O–H groups in total. The minimum atomic E-state index is -0.287. The quantitative estimate of drug-likeness (QED) is 0.817. The Morgan fingerprint density at radius 2 is 1.85 bits per heavy atom. The van der Waals surface area contributed by atoms with Gasteiger partial charge in [0.1, 0.15) is 12.4 Å². The van der Waals surface area contributed by atoms with Crippen LogP contribution in [0.3, 0.4) is 0 Å². The molecular weight excluding hydrogens is 340 g/mol. The van der Waals surface area contributed by atoms with Gasteiger partial charge in [0.15, 0.2) is 0 Å². The molecule has 5 nitrogen and oxygen atoms in total. The van der Waals surface area contributed by atoms with E-state index in [0.717, 1.165) is 17.0 Å². The van der Waals surface area contributed by atoms with Gasteiger partial charge in [-0.3, -0.25) is 9.59 Å². The molecule has 27 heavy (non-hydrogen) atoms. The zero-order chi connectivity index (χ0) is 19.2. The molecule has 0 radical (unpaired) electrons. The van der Waals surface area contributed by atoms with Crippen LogP contribution in [0.2, 0.25) is 0 Å². The normalized spacial score (nSPS) is 16.6. The Labute approximate surface area is 160 Å². The summed E-state index contributed by atoms with van der Waals surface area (Å²) >= 11 is 0. The number of nitrogens with zero attached hydrogens (tertiary/aromatic N) is 1. The number of rotatable bonds is 7. The van der Waals surface area contributed by atoms with Crippen molar-refractivity contribution >= 4 is 17.5 Å². The van der Waals surface area contributed by atoms with Gasteiger partial charge in [0.25, 0.3) is 0 Å². The molecule has 1 heterocycles. The average molecular weight is 366 g/mol. The molecule has 0 bridgehead atoms. The van der Waals surface area contributed by atoms with Gasteiger partial charge in [-0.2, -0.15) is 0 Å². The Bertz CT molecular complexity index is 772. The largest absolute Gasteiger partial charge is 0.489 e. The molecule has 2 aromatic rings. The first-order valence-corrected chi connectivity index (χ1v) is 9.38. The smallest absolute Gasteiger partial charge is 0.227 e. The third-order valence-electron chi connectivity index (χ3n) is 4.58. The van der Waals surface area contributed by atoms with E-state index in [9.17, 15) is 9.59 Å². The number of ether oxygens (including phenoxy) is 1. The fraction of sp³-hybridized carbons (Fsp3) is 0.364. The van der Waals surface area contributed by atoms with Crippen molar-refractivity contribution in [2.45, 2.75) is 26.9 Å². The number of carbonyl (C=O) groups excluding carboxylic acids is 2. The molecular formula is C22H26N2O3. The van der Waals surface area contributed by atoms with Gasteiger partial charge in [-0.25, -0.2) is 0 Å². The Kier molecular flexibility index (Phi) is 6.12. The van der Waals surface area contributed by atoms with Gasteiger partial charge in [0.2, 0.25) is 11.8 Å². The van der Waals surface area contributed by atoms with Crippen LogP contribution in [0.1, 0.15) is 25.8 Å². The van der Waals surface area contributed by atoms with Crippen molar-refractivity contribution in [1.82, 2.24) is 5.32 Å². The van der Waals surface area contributed by atoms with Gasteiger partial charge in [0.05, 0.1) is 5.92 Å². The van der Waals surface area contributed by atoms with Crippen molar-refractivity contribution in [2.24, 2.45) is 11.8 Å². The maximum Gasteiger partial charge on any atom is 0.227 e. The van der Waals surface area contributed by atoms with E-state index >= 15 is 0 Å². The molecule has 3 rings (SSSR count). The molecule has 142 valence electrons. The summed E-state index contributed by atoms with van der Waals surface area (Å²) in [6, 6.07) is 17.4. The number of nitrogens with one attached hydrogen (secondary N) is 1. The first kappa shape index (κ1) is 19.0. The Morgan fingerprint density at radius 3 is 2.52 bits per heavy atom. The number of amides is 2. The van der Waals surface area contributed by atoms with Gasteiger partial charge >= 0.3 is 0 Å². The van der Waals surface area contributed by atoms with Gasteiger partial charge < -0.3 is 15.0 Å². The lowest BCUT2D eigenvalue weighted by Gasteiger charge is -2.17. The molecule has 1 unspecified atom stereocenters. The number of carbonyl (C=O) groups is 2. The van der Waals surface area contributed by atoms with Crippen molar-refractivity contribution in [1.29, 1.82) is 0 Å². The first-order chi connectivity index (χ1) is 13.0. The fourth-order valence-corrected chi connectivity index (χ4v) is 3.05. The van der Waals surface area contributed by atoms with E-state index in [4.69, 9.17) is 4.74 Å². The van der Waals surface area contributed by atoms with E-state index in [2.05, 4.69) is 5.32 Å². The molecule has 1 aliphatic rings. The van der Waals surface area contributed by atoms with Crippen LogP contribution in [0, 0.1) is 11.8 Å². The Balaban J connectivity index is 1.56. The number of hydrogen-bond acceptors (Lipinski definition) is 3. The summed E-state index contributed by atoms with van der Waals surface area (Å²) in [5.41, 5.74) is 1.90. The van der Waals surface area contributed by atoms with Crippen LogP contribution in [0.4, 0.5) is 5.69 Å². The van der Waals surface area contributed by atoms with Gasteiger partial charge in [-0.15, -0.1) is 0 Å². The van der Waals surface area contributed by atoms with E-state index in [0.29, 0.717) is 25.6 Å². The zero-order valence-corrected chi connectivity index (χ0v) is 15.9. The van der Waals surface area contributed by atoms with E-state index in [-0.39, 0.29) is 24.2 Å². The van der Waals surface area contributed by atoms with Crippen LogP contribution in [-0.2, 0) is 16.2 Å². The SMILES string of the molecule is CC(C)CNC(=O)C1CC(=O)N(c2ccc(OCc3ccccc3)cc2)C1. The summed E-state index contributed by atoms with van der Waals surface area (Å²) in [6.45, 7) is 5.66. The minimum absolute atomic E-state index is 0.0161. The molecule has 1 fully saturated rings. The van der Waals surface area contributed by atoms with Crippen molar-refractivity contribution in [3.63, 3.8) is 0 Å². The molecule has 0 aromatic heterocycles. The summed E-state index contributed by atoms with van der Waals surface area (Å²) in [6.07, 6.45) is 0.260. The highest BCUT2D eigenvalue weighted by Gasteiger charge is 2.35. The maximum absolute atomic E-state index is 12.3. The number of hydrogen-bond donors (Lipinski definition) is 1. The molecule has 0 aliphatic carbocycles. The Morgan fingerprint density at radius 1 is 1.15 bits per heavy atom. The molecule has 0 spiro atoms. The lowest BCUT2D eigenvalue weighted by molar-refractivity contribution is -0.126. The van der Waals surface area contributed by atoms with E-state index in [1.807, 2.05) is 68.4 Å². The second-order valence-electron chi connectivity index (χ2n) is 7.31. The molecule has 1 atom stereocenters. The minimum Gasteiger partial charge on any atom is -0.489 e. The van der Waals surface area contributed by atoms with E-state index in [1.165, 1.54) is 0 Å². The predicted octanol–water partition coefficient (Wildman–Crippen LogP) is 3.39. The summed E-state index contributed by atoms with van der Waals surface area (Å²) in [5.74, 6) is 0.802. The third kappa shape index (κ3) is 5.09. The molecule has 2 aromatic carbocycles. The summed E-state index contributed by atoms with van der Waals surface area (Å²) < 4.78 is 5.78. The summed E-state index contributed by atoms with van der Waals surface area (Å²) in [5, 5.41) is 2.92. The molecule has 5 heteroatoms. The monoisotopic (exact) mass is 366 g/mol. The molecule has 0 saturated carbocycles. The van der Waals surface area contributed by atoms with Crippen molar-refractivity contribution < 1.29 is 14.3 Å². The number of benzene rings is 2. The van der Waals surface area contributed by atoms with Crippen molar-refractivity contribution in [3.8, 4) is 5.75 Å². The van der Waals surface area contributed by atoms with Crippen LogP contribution in [-0.4, -0.2) is 24.9 Å². The van der Waals surface area contributed by atoms with Crippen LogP contribution >= 0.6 is 0 Å². The predicted molar refractivity (Wildman–Crippen MR) is 106 cm³/mol. The fourth-order valence-electron chi connectivity index (χ4n) is 3.05. The molecule has 1 saturated heterocycles. The van der Waals surface area contributed by atoms with E-state index in [1.54, 1.807) is 4.90 Å². The van der Waals surface area contributed by atoms with E-state index < -0.39 is 0 Å². The number of anilines is 1. The zero-order valence-electron chi connectivity index (χ0n) is 15.9. The lowest BCUT2D eigenvalue weighted by atomic mass is 10.1. The first-order valence-electron chi connectivity index (χ1n) is 9.38. The third-order valence-corrected chi connectivity index (χ3v) is 4.58. The van der Waals surface area contributed by atoms with Gasteiger partial charge in [-0.05, 0) is 35.7 Å². The summed E-state index contributed by atoms with van der Waals surface area (Å²) in [4.78, 5) is 26.3. The molecule has 2 amide bonds. The highest BCUT2D eigenvalue weighted by Crippen LogP contribution is 2.27. The van der Waals surface area contributed by atoms with Crippen molar-refractivity contribution in [2.75, 3.05) is 18.0 Å². The average Bonchev–Trinajstić information content (AvgIpc) is 3.07. The summed E-state index contributed by atoms with van der Waals surface area (Å²) in [7, 11) is 0. The second kappa shape index (κ2) is 8.71. The lowest BCUT2D eigenvalue weighted by Crippen LogP contribution is -2.34. The van der Waals surface area contributed by atoms with Crippen LogP contribution in [0.25, 0.3) is 0 Å². The highest BCUT2D eigenvalue weighted by atomic mass is 16.5. The second-order valence-corrected chi connectivity index (χ2v) is 7.31. The van der Waals surface area contributed by atoms with Crippen LogP contribution in [0.5, 0.6) is 5.75 Å². The maximum atomic E-state index is 12.3.